The fourth-order valence-corrected chi connectivity index (χ4v) is 1.44. The van der Waals surface area contributed by atoms with E-state index in [1.807, 2.05) is 13.0 Å². The zero-order chi connectivity index (χ0) is 12.8. The zero-order valence-electron chi connectivity index (χ0n) is 11.2. The van der Waals surface area contributed by atoms with Gasteiger partial charge < -0.3 is 9.47 Å². The molecule has 0 heterocycles. The highest BCUT2D eigenvalue weighted by Crippen LogP contribution is 2.05. The maximum absolute atomic E-state index is 11.2. The molecule has 0 aromatic heterocycles. The van der Waals surface area contributed by atoms with E-state index in [9.17, 15) is 4.79 Å². The van der Waals surface area contributed by atoms with E-state index in [0.29, 0.717) is 19.8 Å². The van der Waals surface area contributed by atoms with Gasteiger partial charge in [0.1, 0.15) is 6.61 Å². The molecule has 0 rings (SSSR count). The lowest BCUT2D eigenvalue weighted by Crippen LogP contribution is -2.08. The van der Waals surface area contributed by atoms with Crippen molar-refractivity contribution >= 4 is 5.97 Å². The molecule has 0 aromatic carbocycles. The van der Waals surface area contributed by atoms with Crippen LogP contribution in [0.4, 0.5) is 0 Å². The van der Waals surface area contributed by atoms with Crippen LogP contribution in [0.2, 0.25) is 0 Å². The van der Waals surface area contributed by atoms with Crippen LogP contribution in [0, 0.1) is 0 Å². The number of hydrogen-bond donors (Lipinski definition) is 0. The summed E-state index contributed by atoms with van der Waals surface area (Å²) >= 11 is 0. The van der Waals surface area contributed by atoms with Crippen LogP contribution < -0.4 is 0 Å². The standard InChI is InChI=1S/C14H26O3/c1-3-5-6-7-8-9-10-11-14(15)17-13-12-16-4-2/h10-11H,3-9,12-13H2,1-2H3. The minimum Gasteiger partial charge on any atom is -0.460 e. The van der Waals surface area contributed by atoms with Crippen molar-refractivity contribution in [3.05, 3.63) is 12.2 Å². The number of allylic oxidation sites excluding steroid dienone is 1. The van der Waals surface area contributed by atoms with Gasteiger partial charge in [0.05, 0.1) is 6.61 Å². The highest BCUT2D eigenvalue weighted by molar-refractivity contribution is 5.81. The molecule has 17 heavy (non-hydrogen) atoms. The Morgan fingerprint density at radius 1 is 1.06 bits per heavy atom. The van der Waals surface area contributed by atoms with Gasteiger partial charge in [-0.1, -0.05) is 38.7 Å². The van der Waals surface area contributed by atoms with Crippen molar-refractivity contribution in [1.82, 2.24) is 0 Å². The Bertz CT molecular complexity index is 200. The second kappa shape index (κ2) is 13.2. The number of carbonyl (C=O) groups excluding carboxylic acids is 1. The van der Waals surface area contributed by atoms with Crippen LogP contribution in [0.15, 0.2) is 12.2 Å². The first-order chi connectivity index (χ1) is 8.31. The molecular formula is C14H26O3. The molecule has 0 atom stereocenters. The maximum Gasteiger partial charge on any atom is 0.330 e. The summed E-state index contributed by atoms with van der Waals surface area (Å²) in [7, 11) is 0. The number of hydrogen-bond acceptors (Lipinski definition) is 3. The molecule has 0 fully saturated rings. The van der Waals surface area contributed by atoms with Gasteiger partial charge in [0.2, 0.25) is 0 Å². The summed E-state index contributed by atoms with van der Waals surface area (Å²) in [6.07, 6.45) is 10.7. The zero-order valence-corrected chi connectivity index (χ0v) is 11.2. The average Bonchev–Trinajstić information content (AvgIpc) is 2.33. The largest absolute Gasteiger partial charge is 0.460 e. The van der Waals surface area contributed by atoms with E-state index >= 15 is 0 Å². The summed E-state index contributed by atoms with van der Waals surface area (Å²) in [5.74, 6) is -0.265. The minimum atomic E-state index is -0.265. The summed E-state index contributed by atoms with van der Waals surface area (Å²) in [6, 6.07) is 0. The lowest BCUT2D eigenvalue weighted by Gasteiger charge is -2.01. The minimum absolute atomic E-state index is 0.265. The molecule has 0 aromatic rings. The Labute approximate surface area is 105 Å². The fourth-order valence-electron chi connectivity index (χ4n) is 1.44. The monoisotopic (exact) mass is 242 g/mol. The molecule has 0 saturated carbocycles. The third kappa shape index (κ3) is 13.1. The Kier molecular flexibility index (Phi) is 12.6. The second-order valence-corrected chi connectivity index (χ2v) is 3.97. The molecule has 0 saturated heterocycles. The average molecular weight is 242 g/mol. The van der Waals surface area contributed by atoms with Crippen molar-refractivity contribution in [2.75, 3.05) is 19.8 Å². The predicted octanol–water partition coefficient (Wildman–Crippen LogP) is 3.48. The summed E-state index contributed by atoms with van der Waals surface area (Å²) < 4.78 is 10.0. The molecule has 3 heteroatoms. The fraction of sp³-hybridized carbons (Fsp3) is 0.786. The molecule has 0 aliphatic rings. The smallest absolute Gasteiger partial charge is 0.330 e. The third-order valence-electron chi connectivity index (χ3n) is 2.40. The van der Waals surface area contributed by atoms with Gasteiger partial charge in [-0.05, 0) is 19.8 Å². The number of unbranched alkanes of at least 4 members (excludes halogenated alkanes) is 5. The van der Waals surface area contributed by atoms with Gasteiger partial charge in [-0.25, -0.2) is 4.79 Å². The maximum atomic E-state index is 11.2. The van der Waals surface area contributed by atoms with Crippen LogP contribution in [-0.2, 0) is 14.3 Å². The molecule has 100 valence electrons. The van der Waals surface area contributed by atoms with Gasteiger partial charge in [-0.15, -0.1) is 0 Å². The van der Waals surface area contributed by atoms with Crippen LogP contribution in [0.5, 0.6) is 0 Å². The first-order valence-electron chi connectivity index (χ1n) is 6.72. The van der Waals surface area contributed by atoms with E-state index in [1.54, 1.807) is 0 Å². The highest BCUT2D eigenvalue weighted by atomic mass is 16.6. The lowest BCUT2D eigenvalue weighted by atomic mass is 10.1. The summed E-state index contributed by atoms with van der Waals surface area (Å²) in [5, 5.41) is 0. The molecule has 0 N–H and O–H groups in total. The molecular weight excluding hydrogens is 216 g/mol. The van der Waals surface area contributed by atoms with Crippen molar-refractivity contribution in [3.8, 4) is 0 Å². The number of ether oxygens (including phenoxy) is 2. The van der Waals surface area contributed by atoms with Crippen molar-refractivity contribution in [3.63, 3.8) is 0 Å². The van der Waals surface area contributed by atoms with Gasteiger partial charge in [0, 0.05) is 12.7 Å². The molecule has 0 amide bonds. The van der Waals surface area contributed by atoms with Crippen LogP contribution in [0.3, 0.4) is 0 Å². The van der Waals surface area contributed by atoms with E-state index in [2.05, 4.69) is 6.92 Å². The van der Waals surface area contributed by atoms with Gasteiger partial charge in [0.25, 0.3) is 0 Å². The SMILES string of the molecule is CCCCCCCC=CC(=O)OCCOCC. The van der Waals surface area contributed by atoms with Gasteiger partial charge in [0.15, 0.2) is 0 Å². The Balaban J connectivity index is 3.28. The van der Waals surface area contributed by atoms with E-state index in [1.165, 1.54) is 31.8 Å². The molecule has 0 unspecified atom stereocenters. The molecule has 0 bridgehead atoms. The number of carbonyl (C=O) groups is 1. The molecule has 0 aliphatic carbocycles. The summed E-state index contributed by atoms with van der Waals surface area (Å²) in [5.41, 5.74) is 0. The van der Waals surface area contributed by atoms with E-state index in [0.717, 1.165) is 12.8 Å². The Morgan fingerprint density at radius 3 is 2.53 bits per heavy atom. The van der Waals surface area contributed by atoms with Crippen LogP contribution in [0.25, 0.3) is 0 Å². The summed E-state index contributed by atoms with van der Waals surface area (Å²) in [6.45, 7) is 5.60. The van der Waals surface area contributed by atoms with Crippen molar-refractivity contribution in [1.29, 1.82) is 0 Å². The Morgan fingerprint density at radius 2 is 1.82 bits per heavy atom. The predicted molar refractivity (Wildman–Crippen MR) is 70.0 cm³/mol. The van der Waals surface area contributed by atoms with Gasteiger partial charge in [-0.2, -0.15) is 0 Å². The first kappa shape index (κ1) is 16.2. The van der Waals surface area contributed by atoms with Crippen molar-refractivity contribution in [2.45, 2.75) is 52.4 Å². The second-order valence-electron chi connectivity index (χ2n) is 3.97. The first-order valence-corrected chi connectivity index (χ1v) is 6.72. The number of esters is 1. The van der Waals surface area contributed by atoms with Crippen molar-refractivity contribution in [2.24, 2.45) is 0 Å². The van der Waals surface area contributed by atoms with Crippen LogP contribution in [0.1, 0.15) is 52.4 Å². The quantitative estimate of drug-likeness (QED) is 0.316. The van der Waals surface area contributed by atoms with Gasteiger partial charge in [-0.3, -0.25) is 0 Å². The molecule has 0 spiro atoms. The topological polar surface area (TPSA) is 35.5 Å². The van der Waals surface area contributed by atoms with E-state index < -0.39 is 0 Å². The molecule has 3 nitrogen and oxygen atoms in total. The number of rotatable bonds is 11. The van der Waals surface area contributed by atoms with E-state index in [4.69, 9.17) is 9.47 Å². The molecule has 0 aliphatic heterocycles. The Hall–Kier alpha value is -0.830. The normalized spacial score (nSPS) is 10.9. The molecule has 0 radical (unpaired) electrons. The van der Waals surface area contributed by atoms with Crippen LogP contribution >= 0.6 is 0 Å². The van der Waals surface area contributed by atoms with Gasteiger partial charge >= 0.3 is 5.97 Å². The lowest BCUT2D eigenvalue weighted by molar-refractivity contribution is -0.139. The van der Waals surface area contributed by atoms with Crippen molar-refractivity contribution < 1.29 is 14.3 Å². The van der Waals surface area contributed by atoms with Crippen LogP contribution in [-0.4, -0.2) is 25.8 Å². The summed E-state index contributed by atoms with van der Waals surface area (Å²) in [4.78, 5) is 11.2. The van der Waals surface area contributed by atoms with E-state index in [-0.39, 0.29) is 5.97 Å². The highest BCUT2D eigenvalue weighted by Gasteiger charge is 1.95. The third-order valence-corrected chi connectivity index (χ3v) is 2.40.